The van der Waals surface area contributed by atoms with E-state index in [-0.39, 0.29) is 12.3 Å². The number of thiazole rings is 1. The maximum Gasteiger partial charge on any atom is 0.226 e. The molecule has 30 heavy (non-hydrogen) atoms. The summed E-state index contributed by atoms with van der Waals surface area (Å²) in [5.74, 6) is 0.756. The van der Waals surface area contributed by atoms with E-state index >= 15 is 0 Å². The van der Waals surface area contributed by atoms with Gasteiger partial charge in [0.1, 0.15) is 10.8 Å². The molecule has 0 unspecified atom stereocenters. The summed E-state index contributed by atoms with van der Waals surface area (Å²) < 4.78 is 5.68. The Morgan fingerprint density at radius 2 is 1.97 bits per heavy atom. The van der Waals surface area contributed by atoms with Crippen LogP contribution in [0, 0.1) is 0 Å². The molecule has 0 aliphatic heterocycles. The zero-order chi connectivity index (χ0) is 20.8. The molecule has 0 bridgehead atoms. The number of hydrogen-bond acceptors (Lipinski definition) is 5. The van der Waals surface area contributed by atoms with E-state index in [0.717, 1.165) is 38.8 Å². The van der Waals surface area contributed by atoms with Crippen LogP contribution in [0.25, 0.3) is 21.8 Å². The molecular weight excluding hydrogens is 396 g/mol. The minimum atomic E-state index is -0.0532. The van der Waals surface area contributed by atoms with Gasteiger partial charge in [0.15, 0.2) is 0 Å². The van der Waals surface area contributed by atoms with Gasteiger partial charge in [-0.1, -0.05) is 36.4 Å². The minimum Gasteiger partial charge on any atom is -0.493 e. The van der Waals surface area contributed by atoms with Gasteiger partial charge in [-0.15, -0.1) is 11.3 Å². The summed E-state index contributed by atoms with van der Waals surface area (Å²) >= 11 is 1.52. The van der Waals surface area contributed by atoms with Gasteiger partial charge in [-0.3, -0.25) is 9.89 Å². The Morgan fingerprint density at radius 3 is 2.73 bits per heavy atom. The molecule has 0 saturated heterocycles. The molecule has 0 saturated carbocycles. The Hall–Kier alpha value is -3.45. The second kappa shape index (κ2) is 9.37. The average Bonchev–Trinajstić information content (AvgIpc) is 3.46. The third kappa shape index (κ3) is 4.75. The molecule has 0 fully saturated rings. The minimum absolute atomic E-state index is 0.0532. The molecule has 2 heterocycles. The largest absolute Gasteiger partial charge is 0.493 e. The first-order valence-electron chi connectivity index (χ1n) is 9.75. The fourth-order valence-corrected chi connectivity index (χ4v) is 3.93. The van der Waals surface area contributed by atoms with Gasteiger partial charge in [0.2, 0.25) is 5.91 Å². The molecule has 4 rings (SSSR count). The first-order chi connectivity index (χ1) is 14.7. The fourth-order valence-electron chi connectivity index (χ4n) is 3.08. The molecule has 0 aliphatic rings. The maximum atomic E-state index is 12.4. The van der Waals surface area contributed by atoms with Crippen molar-refractivity contribution < 1.29 is 9.53 Å². The number of amides is 1. The zero-order valence-electron chi connectivity index (χ0n) is 16.6. The number of carbonyl (C=O) groups excluding carboxylic acids is 1. The number of ether oxygens (including phenoxy) is 1. The van der Waals surface area contributed by atoms with Gasteiger partial charge in [0, 0.05) is 18.1 Å². The Bertz CT molecular complexity index is 1100. The van der Waals surface area contributed by atoms with Crippen LogP contribution in [0.3, 0.4) is 0 Å². The summed E-state index contributed by atoms with van der Waals surface area (Å²) in [6.07, 6.45) is 1.97. The second-order valence-electron chi connectivity index (χ2n) is 6.69. The first kappa shape index (κ1) is 19.8. The summed E-state index contributed by atoms with van der Waals surface area (Å²) in [5, 5.41) is 12.7. The van der Waals surface area contributed by atoms with E-state index in [2.05, 4.69) is 20.5 Å². The van der Waals surface area contributed by atoms with Crippen LogP contribution in [-0.4, -0.2) is 27.7 Å². The lowest BCUT2D eigenvalue weighted by Gasteiger charge is -2.07. The molecule has 0 spiro atoms. The topological polar surface area (TPSA) is 79.9 Å². The molecule has 0 atom stereocenters. The lowest BCUT2D eigenvalue weighted by Crippen LogP contribution is -2.24. The van der Waals surface area contributed by atoms with Crippen molar-refractivity contribution in [3.05, 3.63) is 77.4 Å². The SMILES string of the molecule is CCOc1ccccc1-c1nc(CC(=O)NCc2ccc(-c3ccn[nH]3)cc2)cs1. The Labute approximate surface area is 179 Å². The maximum absolute atomic E-state index is 12.4. The van der Waals surface area contributed by atoms with Crippen molar-refractivity contribution in [3.63, 3.8) is 0 Å². The highest BCUT2D eigenvalue weighted by Gasteiger charge is 2.12. The van der Waals surface area contributed by atoms with Gasteiger partial charge in [-0.05, 0) is 36.2 Å². The molecule has 7 heteroatoms. The van der Waals surface area contributed by atoms with Crippen LogP contribution in [0.15, 0.2) is 66.2 Å². The van der Waals surface area contributed by atoms with Crippen molar-refractivity contribution in [2.24, 2.45) is 0 Å². The normalized spacial score (nSPS) is 10.7. The number of para-hydroxylation sites is 1. The predicted octanol–water partition coefficient (Wildman–Crippen LogP) is 4.46. The average molecular weight is 419 g/mol. The number of carbonyl (C=O) groups is 1. The van der Waals surface area contributed by atoms with Gasteiger partial charge in [-0.25, -0.2) is 4.98 Å². The van der Waals surface area contributed by atoms with E-state index in [1.165, 1.54) is 11.3 Å². The molecule has 4 aromatic rings. The van der Waals surface area contributed by atoms with E-state index in [1.54, 1.807) is 6.20 Å². The van der Waals surface area contributed by atoms with Gasteiger partial charge in [0.05, 0.1) is 30.0 Å². The molecule has 1 amide bonds. The van der Waals surface area contributed by atoms with Crippen LogP contribution < -0.4 is 10.1 Å². The summed E-state index contributed by atoms with van der Waals surface area (Å²) in [4.78, 5) is 17.0. The van der Waals surface area contributed by atoms with E-state index in [9.17, 15) is 4.79 Å². The number of aromatic amines is 1. The van der Waals surface area contributed by atoms with Crippen LogP contribution in [0.5, 0.6) is 5.75 Å². The molecular formula is C23H22N4O2S. The summed E-state index contributed by atoms with van der Waals surface area (Å²) in [5.41, 5.74) is 4.78. The Kier molecular flexibility index (Phi) is 6.20. The molecule has 2 aromatic carbocycles. The molecule has 6 nitrogen and oxygen atoms in total. The lowest BCUT2D eigenvalue weighted by molar-refractivity contribution is -0.120. The number of benzene rings is 2. The highest BCUT2D eigenvalue weighted by molar-refractivity contribution is 7.13. The number of hydrogen-bond donors (Lipinski definition) is 2. The van der Waals surface area contributed by atoms with Crippen LogP contribution in [0.4, 0.5) is 0 Å². The van der Waals surface area contributed by atoms with Crippen LogP contribution >= 0.6 is 11.3 Å². The van der Waals surface area contributed by atoms with Crippen molar-refractivity contribution in [1.29, 1.82) is 0 Å². The second-order valence-corrected chi connectivity index (χ2v) is 7.55. The molecule has 2 aromatic heterocycles. The quantitative estimate of drug-likeness (QED) is 0.443. The van der Waals surface area contributed by atoms with Gasteiger partial charge >= 0.3 is 0 Å². The number of nitrogens with one attached hydrogen (secondary N) is 2. The van der Waals surface area contributed by atoms with Crippen LogP contribution in [0.2, 0.25) is 0 Å². The predicted molar refractivity (Wildman–Crippen MR) is 118 cm³/mol. The van der Waals surface area contributed by atoms with Crippen LogP contribution in [-0.2, 0) is 17.8 Å². The Morgan fingerprint density at radius 1 is 1.13 bits per heavy atom. The van der Waals surface area contributed by atoms with Crippen molar-refractivity contribution >= 4 is 17.2 Å². The van der Waals surface area contributed by atoms with E-state index in [0.29, 0.717) is 13.2 Å². The molecule has 0 aliphatic carbocycles. The molecule has 152 valence electrons. The van der Waals surface area contributed by atoms with Gasteiger partial charge in [-0.2, -0.15) is 5.10 Å². The fraction of sp³-hybridized carbons (Fsp3) is 0.174. The van der Waals surface area contributed by atoms with Gasteiger partial charge in [0.25, 0.3) is 0 Å². The lowest BCUT2D eigenvalue weighted by atomic mass is 10.1. The van der Waals surface area contributed by atoms with E-state index in [1.807, 2.05) is 66.9 Å². The van der Waals surface area contributed by atoms with Crippen LogP contribution in [0.1, 0.15) is 18.2 Å². The van der Waals surface area contributed by atoms with Crippen molar-refractivity contribution in [1.82, 2.24) is 20.5 Å². The number of nitrogens with zero attached hydrogens (tertiary/aromatic N) is 2. The summed E-state index contributed by atoms with van der Waals surface area (Å²) in [7, 11) is 0. The zero-order valence-corrected chi connectivity index (χ0v) is 17.4. The Balaban J connectivity index is 1.34. The molecule has 2 N–H and O–H groups in total. The van der Waals surface area contributed by atoms with Crippen molar-refractivity contribution in [2.45, 2.75) is 19.9 Å². The van der Waals surface area contributed by atoms with E-state index in [4.69, 9.17) is 4.74 Å². The number of rotatable bonds is 8. The summed E-state index contributed by atoms with van der Waals surface area (Å²) in [6, 6.07) is 17.8. The monoisotopic (exact) mass is 418 g/mol. The van der Waals surface area contributed by atoms with Crippen molar-refractivity contribution in [2.75, 3.05) is 6.61 Å². The highest BCUT2D eigenvalue weighted by atomic mass is 32.1. The van der Waals surface area contributed by atoms with Crippen molar-refractivity contribution in [3.8, 4) is 27.6 Å². The standard InChI is InChI=1S/C23H22N4O2S/c1-2-29-21-6-4-3-5-19(21)23-26-18(15-30-23)13-22(28)24-14-16-7-9-17(10-8-16)20-11-12-25-27-20/h3-12,15H,2,13-14H2,1H3,(H,24,28)(H,25,27). The van der Waals surface area contributed by atoms with E-state index < -0.39 is 0 Å². The third-order valence-electron chi connectivity index (χ3n) is 4.57. The highest BCUT2D eigenvalue weighted by Crippen LogP contribution is 2.32. The number of H-pyrrole nitrogens is 1. The van der Waals surface area contributed by atoms with Gasteiger partial charge < -0.3 is 10.1 Å². The number of aromatic nitrogens is 3. The first-order valence-corrected chi connectivity index (χ1v) is 10.6. The summed E-state index contributed by atoms with van der Waals surface area (Å²) in [6.45, 7) is 3.03. The smallest absolute Gasteiger partial charge is 0.226 e. The third-order valence-corrected chi connectivity index (χ3v) is 5.49. The molecule has 0 radical (unpaired) electrons.